The van der Waals surface area contributed by atoms with Gasteiger partial charge in [-0.25, -0.2) is 0 Å². The van der Waals surface area contributed by atoms with Gasteiger partial charge in [0.2, 0.25) is 5.91 Å². The van der Waals surface area contributed by atoms with Gasteiger partial charge in [0.05, 0.1) is 6.54 Å². The number of nitrogens with zero attached hydrogens (tertiary/aromatic N) is 1. The van der Waals surface area contributed by atoms with Gasteiger partial charge in [-0.1, -0.05) is 6.92 Å². The number of nitrogens with one attached hydrogen (secondary N) is 2. The van der Waals surface area contributed by atoms with Crippen LogP contribution in [0, 0.1) is 5.92 Å². The highest BCUT2D eigenvalue weighted by Gasteiger charge is 2.28. The van der Waals surface area contributed by atoms with E-state index in [2.05, 4.69) is 17.2 Å². The Morgan fingerprint density at radius 3 is 2.89 bits per heavy atom. The number of aromatic nitrogens is 1. The van der Waals surface area contributed by atoms with Gasteiger partial charge in [-0.2, -0.15) is 0 Å². The molecule has 1 aliphatic rings. The monoisotopic (exact) mass is 250 g/mol. The number of rotatable bonds is 3. The summed E-state index contributed by atoms with van der Waals surface area (Å²) >= 11 is 0. The van der Waals surface area contributed by atoms with Crippen LogP contribution in [0.2, 0.25) is 0 Å². The molecule has 0 aliphatic carbocycles. The van der Waals surface area contributed by atoms with Crippen molar-refractivity contribution < 1.29 is 9.59 Å². The molecule has 1 aromatic heterocycles. The molecule has 2 unspecified atom stereocenters. The molecule has 0 bridgehead atoms. The van der Waals surface area contributed by atoms with Crippen LogP contribution in [0.25, 0.3) is 0 Å². The summed E-state index contributed by atoms with van der Waals surface area (Å²) in [5.74, 6) is -0.311. The molecule has 18 heavy (non-hydrogen) atoms. The Morgan fingerprint density at radius 1 is 1.56 bits per heavy atom. The smallest absolute Gasteiger partial charge is 0.274 e. The van der Waals surface area contributed by atoms with Gasteiger partial charge in [0.15, 0.2) is 0 Å². The topological polar surface area (TPSA) is 91.2 Å². The van der Waals surface area contributed by atoms with Crippen molar-refractivity contribution in [3.05, 3.63) is 24.0 Å². The van der Waals surface area contributed by atoms with Gasteiger partial charge in [-0.05, 0) is 18.1 Å². The average Bonchev–Trinajstić information content (AvgIpc) is 2.89. The van der Waals surface area contributed by atoms with Crippen molar-refractivity contribution in [2.45, 2.75) is 13.0 Å². The van der Waals surface area contributed by atoms with Gasteiger partial charge in [-0.15, -0.1) is 0 Å². The van der Waals surface area contributed by atoms with Gasteiger partial charge in [0.25, 0.3) is 5.91 Å². The lowest BCUT2D eigenvalue weighted by Gasteiger charge is -2.13. The molecular formula is C12H18N4O2. The first kappa shape index (κ1) is 12.8. The maximum Gasteiger partial charge on any atom is 0.274 e. The fourth-order valence-electron chi connectivity index (χ4n) is 2.13. The van der Waals surface area contributed by atoms with Crippen LogP contribution in [0.4, 0.5) is 0 Å². The van der Waals surface area contributed by atoms with E-state index < -0.39 is 5.91 Å². The van der Waals surface area contributed by atoms with Crippen molar-refractivity contribution in [3.63, 3.8) is 0 Å². The number of nitrogens with two attached hydrogens (primary N) is 1. The van der Waals surface area contributed by atoms with E-state index in [1.807, 2.05) is 4.90 Å². The molecule has 0 spiro atoms. The molecule has 2 amide bonds. The zero-order chi connectivity index (χ0) is 13.1. The Kier molecular flexibility index (Phi) is 3.78. The van der Waals surface area contributed by atoms with Crippen LogP contribution in [0.15, 0.2) is 18.3 Å². The Balaban J connectivity index is 1.81. The molecule has 0 saturated carbocycles. The van der Waals surface area contributed by atoms with Crippen LogP contribution in [0.1, 0.15) is 17.4 Å². The number of likely N-dealkylation sites (tertiary alicyclic amines) is 1. The quantitative estimate of drug-likeness (QED) is 0.677. The first-order chi connectivity index (χ1) is 8.56. The Labute approximate surface area is 106 Å². The van der Waals surface area contributed by atoms with E-state index in [-0.39, 0.29) is 18.5 Å². The largest absolute Gasteiger partial charge is 0.357 e. The first-order valence-corrected chi connectivity index (χ1v) is 6.02. The van der Waals surface area contributed by atoms with Crippen molar-refractivity contribution in [3.8, 4) is 0 Å². The second kappa shape index (κ2) is 5.32. The molecule has 2 rings (SSSR count). The van der Waals surface area contributed by atoms with Gasteiger partial charge in [0, 0.05) is 25.3 Å². The van der Waals surface area contributed by atoms with Crippen molar-refractivity contribution in [2.75, 3.05) is 19.6 Å². The molecule has 98 valence electrons. The van der Waals surface area contributed by atoms with Crippen LogP contribution >= 0.6 is 0 Å². The number of hydrogen-bond donors (Lipinski definition) is 3. The van der Waals surface area contributed by atoms with Crippen molar-refractivity contribution >= 4 is 11.8 Å². The molecule has 2 heterocycles. The second-order valence-corrected chi connectivity index (χ2v) is 4.80. The predicted molar refractivity (Wildman–Crippen MR) is 66.8 cm³/mol. The van der Waals surface area contributed by atoms with Crippen molar-refractivity contribution in [1.82, 2.24) is 15.2 Å². The van der Waals surface area contributed by atoms with Gasteiger partial charge in [0.1, 0.15) is 5.69 Å². The number of hydrogen-bond acceptors (Lipinski definition) is 4. The maximum absolute atomic E-state index is 11.7. The summed E-state index contributed by atoms with van der Waals surface area (Å²) in [6.45, 7) is 3.77. The minimum absolute atomic E-state index is 0.108. The Bertz CT molecular complexity index is 419. The second-order valence-electron chi connectivity index (χ2n) is 4.80. The van der Waals surface area contributed by atoms with E-state index in [1.54, 1.807) is 18.3 Å². The number of H-pyrrole nitrogens is 1. The fraction of sp³-hybridized carbons (Fsp3) is 0.500. The van der Waals surface area contributed by atoms with E-state index in [4.69, 9.17) is 5.73 Å². The highest BCUT2D eigenvalue weighted by Crippen LogP contribution is 2.13. The number of carbonyl (C=O) groups excluding carboxylic acids is 2. The molecule has 6 nitrogen and oxygen atoms in total. The van der Waals surface area contributed by atoms with Gasteiger partial charge >= 0.3 is 0 Å². The molecule has 1 aromatic rings. The number of carbonyl (C=O) groups is 2. The van der Waals surface area contributed by atoms with Crippen molar-refractivity contribution in [1.29, 1.82) is 0 Å². The van der Waals surface area contributed by atoms with Crippen LogP contribution in [0.5, 0.6) is 0 Å². The SMILES string of the molecule is CC1CN(CC(=O)NC(=O)c2ccc[nH]2)CC1N. The summed E-state index contributed by atoms with van der Waals surface area (Å²) in [6.07, 6.45) is 1.64. The lowest BCUT2D eigenvalue weighted by molar-refractivity contribution is -0.121. The number of imide groups is 1. The van der Waals surface area contributed by atoms with E-state index in [0.717, 1.165) is 6.54 Å². The van der Waals surface area contributed by atoms with Crippen LogP contribution in [0.3, 0.4) is 0 Å². The average molecular weight is 250 g/mol. The normalized spacial score (nSPS) is 24.1. The summed E-state index contributed by atoms with van der Waals surface area (Å²) in [5.41, 5.74) is 6.26. The summed E-state index contributed by atoms with van der Waals surface area (Å²) in [6, 6.07) is 3.44. The molecule has 4 N–H and O–H groups in total. The molecule has 0 aromatic carbocycles. The molecule has 2 atom stereocenters. The molecule has 6 heteroatoms. The van der Waals surface area contributed by atoms with Gasteiger partial charge < -0.3 is 10.7 Å². The summed E-state index contributed by atoms with van der Waals surface area (Å²) < 4.78 is 0. The lowest BCUT2D eigenvalue weighted by atomic mass is 10.1. The molecule has 1 saturated heterocycles. The fourth-order valence-corrected chi connectivity index (χ4v) is 2.13. The van der Waals surface area contributed by atoms with Crippen molar-refractivity contribution in [2.24, 2.45) is 11.7 Å². The van der Waals surface area contributed by atoms with E-state index in [0.29, 0.717) is 18.2 Å². The zero-order valence-corrected chi connectivity index (χ0v) is 10.3. The summed E-state index contributed by atoms with van der Waals surface area (Å²) in [4.78, 5) is 28.0. The number of amides is 2. The Hall–Kier alpha value is -1.66. The number of aromatic amines is 1. The van der Waals surface area contributed by atoms with Gasteiger partial charge in [-0.3, -0.25) is 19.8 Å². The summed E-state index contributed by atoms with van der Waals surface area (Å²) in [7, 11) is 0. The maximum atomic E-state index is 11.7. The molecule has 1 fully saturated rings. The highest BCUT2D eigenvalue weighted by molar-refractivity contribution is 6.04. The first-order valence-electron chi connectivity index (χ1n) is 6.02. The van der Waals surface area contributed by atoms with Crippen LogP contribution in [-0.2, 0) is 4.79 Å². The lowest BCUT2D eigenvalue weighted by Crippen LogP contribution is -2.40. The third kappa shape index (κ3) is 2.96. The minimum Gasteiger partial charge on any atom is -0.357 e. The minimum atomic E-state index is -0.401. The zero-order valence-electron chi connectivity index (χ0n) is 10.3. The third-order valence-corrected chi connectivity index (χ3v) is 3.21. The third-order valence-electron chi connectivity index (χ3n) is 3.21. The van der Waals surface area contributed by atoms with Crippen LogP contribution in [-0.4, -0.2) is 47.4 Å². The van der Waals surface area contributed by atoms with E-state index >= 15 is 0 Å². The standard InChI is InChI=1S/C12H18N4O2/c1-8-5-16(6-9(8)13)7-11(17)15-12(18)10-3-2-4-14-10/h2-4,8-9,14H,5-7,13H2,1H3,(H,15,17,18). The van der Waals surface area contributed by atoms with E-state index in [1.165, 1.54) is 0 Å². The van der Waals surface area contributed by atoms with Crippen LogP contribution < -0.4 is 11.1 Å². The Morgan fingerprint density at radius 2 is 2.33 bits per heavy atom. The predicted octanol–water partition coefficient (Wildman–Crippen LogP) is -0.450. The molecular weight excluding hydrogens is 232 g/mol. The summed E-state index contributed by atoms with van der Waals surface area (Å²) in [5, 5.41) is 2.35. The molecule has 1 aliphatic heterocycles. The molecule has 0 radical (unpaired) electrons. The highest BCUT2D eigenvalue weighted by atomic mass is 16.2. The van der Waals surface area contributed by atoms with E-state index in [9.17, 15) is 9.59 Å².